The average Bonchev–Trinajstić information content (AvgIpc) is 2.20. The van der Waals surface area contributed by atoms with E-state index in [1.54, 1.807) is 18.2 Å². The third kappa shape index (κ3) is 3.13. The summed E-state index contributed by atoms with van der Waals surface area (Å²) in [6.07, 6.45) is -0.0983. The van der Waals surface area contributed by atoms with Gasteiger partial charge in [0.05, 0.1) is 0 Å². The molecule has 1 N–H and O–H groups in total. The molecule has 0 aliphatic heterocycles. The molecule has 1 aromatic rings. The van der Waals surface area contributed by atoms with Gasteiger partial charge in [0.1, 0.15) is 5.75 Å². The van der Waals surface area contributed by atoms with Gasteiger partial charge >= 0.3 is 5.97 Å². The van der Waals surface area contributed by atoms with Gasteiger partial charge in [-0.2, -0.15) is 0 Å². The first-order chi connectivity index (χ1) is 7.04. The minimum absolute atomic E-state index is 0.580. The summed E-state index contributed by atoms with van der Waals surface area (Å²) in [5.41, 5.74) is 0.913. The number of carboxylic acids is 1. The highest BCUT2D eigenvalue weighted by molar-refractivity contribution is 6.30. The molecule has 0 spiro atoms. The van der Waals surface area contributed by atoms with Crippen LogP contribution in [0.15, 0.2) is 18.2 Å². The van der Waals surface area contributed by atoms with Crippen LogP contribution in [0.5, 0.6) is 5.75 Å². The van der Waals surface area contributed by atoms with Crippen LogP contribution >= 0.6 is 11.6 Å². The number of carboxylic acid groups (broad SMARTS) is 1. The number of carbonyl (C=O) groups is 1. The Hall–Kier alpha value is -1.22. The number of benzene rings is 1. The van der Waals surface area contributed by atoms with E-state index in [2.05, 4.69) is 0 Å². The van der Waals surface area contributed by atoms with Gasteiger partial charge in [-0.1, -0.05) is 18.5 Å². The van der Waals surface area contributed by atoms with Crippen molar-refractivity contribution in [3.8, 4) is 5.75 Å². The van der Waals surface area contributed by atoms with Crippen LogP contribution in [0.3, 0.4) is 0 Å². The standard InChI is InChI=1S/C11H13ClO3/c1-3-8-6-9(12)4-5-10(8)15-7(2)11(13)14/h4-7H,3H2,1-2H3,(H,13,14)/t7-/m0/s1. The van der Waals surface area contributed by atoms with Crippen LogP contribution in [0.25, 0.3) is 0 Å². The highest BCUT2D eigenvalue weighted by Crippen LogP contribution is 2.24. The Morgan fingerprint density at radius 2 is 2.27 bits per heavy atom. The Morgan fingerprint density at radius 3 is 2.80 bits per heavy atom. The molecular formula is C11H13ClO3. The van der Waals surface area contributed by atoms with Gasteiger partial charge < -0.3 is 9.84 Å². The van der Waals surface area contributed by atoms with Gasteiger partial charge in [0.15, 0.2) is 6.10 Å². The number of aryl methyl sites for hydroxylation is 1. The van der Waals surface area contributed by atoms with Gasteiger partial charge in [-0.15, -0.1) is 0 Å². The average molecular weight is 229 g/mol. The monoisotopic (exact) mass is 228 g/mol. The molecule has 0 aliphatic carbocycles. The largest absolute Gasteiger partial charge is 0.479 e. The summed E-state index contributed by atoms with van der Waals surface area (Å²) in [6.45, 7) is 3.46. The van der Waals surface area contributed by atoms with E-state index in [1.807, 2.05) is 6.92 Å². The lowest BCUT2D eigenvalue weighted by molar-refractivity contribution is -0.144. The van der Waals surface area contributed by atoms with E-state index in [0.29, 0.717) is 10.8 Å². The minimum atomic E-state index is -0.980. The van der Waals surface area contributed by atoms with E-state index in [0.717, 1.165) is 12.0 Å². The van der Waals surface area contributed by atoms with E-state index in [-0.39, 0.29) is 0 Å². The maximum Gasteiger partial charge on any atom is 0.344 e. The summed E-state index contributed by atoms with van der Waals surface area (Å²) in [7, 11) is 0. The van der Waals surface area contributed by atoms with E-state index in [9.17, 15) is 4.79 Å². The van der Waals surface area contributed by atoms with E-state index < -0.39 is 12.1 Å². The number of hydrogen-bond acceptors (Lipinski definition) is 2. The Kier molecular flexibility index (Phi) is 3.97. The van der Waals surface area contributed by atoms with Crippen molar-refractivity contribution in [1.29, 1.82) is 0 Å². The third-order valence-corrected chi connectivity index (χ3v) is 2.29. The topological polar surface area (TPSA) is 46.5 Å². The minimum Gasteiger partial charge on any atom is -0.479 e. The van der Waals surface area contributed by atoms with Gasteiger partial charge in [0.2, 0.25) is 0 Å². The molecule has 0 fully saturated rings. The second-order valence-corrected chi connectivity index (χ2v) is 3.64. The number of rotatable bonds is 4. The fourth-order valence-electron chi connectivity index (χ4n) is 1.18. The first-order valence-electron chi connectivity index (χ1n) is 4.72. The van der Waals surface area contributed by atoms with Gasteiger partial charge in [-0.25, -0.2) is 4.79 Å². The van der Waals surface area contributed by atoms with Crippen molar-refractivity contribution in [1.82, 2.24) is 0 Å². The van der Waals surface area contributed by atoms with Crippen LogP contribution in [-0.2, 0) is 11.2 Å². The van der Waals surface area contributed by atoms with Crippen LogP contribution in [0.1, 0.15) is 19.4 Å². The Bertz CT molecular complexity index is 363. The molecule has 0 heterocycles. The second kappa shape index (κ2) is 5.03. The lowest BCUT2D eigenvalue weighted by Gasteiger charge is -2.13. The van der Waals surface area contributed by atoms with Crippen molar-refractivity contribution in [2.24, 2.45) is 0 Å². The molecule has 15 heavy (non-hydrogen) atoms. The van der Waals surface area contributed by atoms with Crippen molar-refractivity contribution < 1.29 is 14.6 Å². The van der Waals surface area contributed by atoms with Gasteiger partial charge in [-0.05, 0) is 37.1 Å². The van der Waals surface area contributed by atoms with Crippen molar-refractivity contribution in [3.63, 3.8) is 0 Å². The Morgan fingerprint density at radius 1 is 1.60 bits per heavy atom. The molecule has 82 valence electrons. The molecule has 0 aliphatic rings. The molecule has 1 aromatic carbocycles. The smallest absolute Gasteiger partial charge is 0.344 e. The summed E-state index contributed by atoms with van der Waals surface area (Å²) in [5, 5.41) is 9.34. The summed E-state index contributed by atoms with van der Waals surface area (Å²) < 4.78 is 5.29. The molecule has 0 unspecified atom stereocenters. The van der Waals surface area contributed by atoms with Crippen LogP contribution in [0.2, 0.25) is 5.02 Å². The van der Waals surface area contributed by atoms with Crippen LogP contribution in [-0.4, -0.2) is 17.2 Å². The van der Waals surface area contributed by atoms with Crippen molar-refractivity contribution in [2.45, 2.75) is 26.4 Å². The highest BCUT2D eigenvalue weighted by atomic mass is 35.5. The zero-order chi connectivity index (χ0) is 11.4. The molecule has 1 rings (SSSR count). The van der Waals surface area contributed by atoms with Crippen LogP contribution in [0, 0.1) is 0 Å². The first-order valence-corrected chi connectivity index (χ1v) is 5.10. The normalized spacial score (nSPS) is 12.2. The second-order valence-electron chi connectivity index (χ2n) is 3.20. The summed E-state index contributed by atoms with van der Waals surface area (Å²) in [6, 6.07) is 5.16. The SMILES string of the molecule is CCc1cc(Cl)ccc1O[C@@H](C)C(=O)O. The fraction of sp³-hybridized carbons (Fsp3) is 0.364. The highest BCUT2D eigenvalue weighted by Gasteiger charge is 2.14. The quantitative estimate of drug-likeness (QED) is 0.862. The Labute approximate surface area is 93.6 Å². The van der Waals surface area contributed by atoms with Gasteiger partial charge in [0, 0.05) is 5.02 Å². The molecule has 0 saturated carbocycles. The van der Waals surface area contributed by atoms with E-state index in [4.69, 9.17) is 21.4 Å². The molecule has 3 nitrogen and oxygen atoms in total. The summed E-state index contributed by atoms with van der Waals surface area (Å²) >= 11 is 5.82. The van der Waals surface area contributed by atoms with Crippen LogP contribution < -0.4 is 4.74 Å². The third-order valence-electron chi connectivity index (χ3n) is 2.05. The van der Waals surface area contributed by atoms with Crippen molar-refractivity contribution in [2.75, 3.05) is 0 Å². The zero-order valence-corrected chi connectivity index (χ0v) is 9.41. The number of aliphatic carboxylic acids is 1. The fourth-order valence-corrected chi connectivity index (χ4v) is 1.37. The maximum absolute atomic E-state index is 10.6. The number of hydrogen-bond donors (Lipinski definition) is 1. The van der Waals surface area contributed by atoms with Crippen molar-refractivity contribution in [3.05, 3.63) is 28.8 Å². The molecule has 0 bridgehead atoms. The summed E-state index contributed by atoms with van der Waals surface area (Å²) in [5.74, 6) is -0.399. The molecule has 0 radical (unpaired) electrons. The predicted molar refractivity (Wildman–Crippen MR) is 58.6 cm³/mol. The molecule has 0 aromatic heterocycles. The molecule has 0 amide bonds. The van der Waals surface area contributed by atoms with Crippen molar-refractivity contribution >= 4 is 17.6 Å². The van der Waals surface area contributed by atoms with E-state index in [1.165, 1.54) is 6.92 Å². The molecule has 0 saturated heterocycles. The lowest BCUT2D eigenvalue weighted by atomic mass is 10.1. The summed E-state index contributed by atoms with van der Waals surface area (Å²) in [4.78, 5) is 10.6. The number of ether oxygens (including phenoxy) is 1. The van der Waals surface area contributed by atoms with Crippen LogP contribution in [0.4, 0.5) is 0 Å². The predicted octanol–water partition coefficient (Wildman–Crippen LogP) is 2.75. The first kappa shape index (κ1) is 11.9. The number of halogens is 1. The maximum atomic E-state index is 10.6. The molecule has 1 atom stereocenters. The zero-order valence-electron chi connectivity index (χ0n) is 8.66. The Balaban J connectivity index is 2.89. The van der Waals surface area contributed by atoms with E-state index >= 15 is 0 Å². The van der Waals surface area contributed by atoms with Gasteiger partial charge in [-0.3, -0.25) is 0 Å². The van der Waals surface area contributed by atoms with Gasteiger partial charge in [0.25, 0.3) is 0 Å². The molecule has 4 heteroatoms. The molecular weight excluding hydrogens is 216 g/mol. The lowest BCUT2D eigenvalue weighted by Crippen LogP contribution is -2.23.